The summed E-state index contributed by atoms with van der Waals surface area (Å²) in [4.78, 5) is 4.79. The molecule has 0 fully saturated rings. The third-order valence-corrected chi connectivity index (χ3v) is 2.85. The Balaban J connectivity index is 2.11. The zero-order valence-electron chi connectivity index (χ0n) is 11.6. The van der Waals surface area contributed by atoms with Gasteiger partial charge in [0.2, 0.25) is 0 Å². The van der Waals surface area contributed by atoms with Crippen LogP contribution in [0.2, 0.25) is 0 Å². The van der Waals surface area contributed by atoms with Crippen LogP contribution in [0.25, 0.3) is 0 Å². The summed E-state index contributed by atoms with van der Waals surface area (Å²) >= 11 is 0. The van der Waals surface area contributed by atoms with Gasteiger partial charge in [-0.25, -0.2) is 4.39 Å². The zero-order valence-corrected chi connectivity index (χ0v) is 11.6. The summed E-state index contributed by atoms with van der Waals surface area (Å²) in [5.74, 6) is -0.418. The largest absolute Gasteiger partial charge is 0.484 e. The van der Waals surface area contributed by atoms with Gasteiger partial charge in [-0.1, -0.05) is 41.6 Å². The fourth-order valence-corrected chi connectivity index (χ4v) is 1.81. The van der Waals surface area contributed by atoms with Crippen LogP contribution in [-0.4, -0.2) is 24.5 Å². The summed E-state index contributed by atoms with van der Waals surface area (Å²) in [6.45, 7) is -0.134. The molecule has 21 heavy (non-hydrogen) atoms. The highest BCUT2D eigenvalue weighted by atomic mass is 19.1. The second-order valence-corrected chi connectivity index (χ2v) is 4.30. The van der Waals surface area contributed by atoms with Crippen LogP contribution in [0.3, 0.4) is 0 Å². The third-order valence-electron chi connectivity index (χ3n) is 2.85. The van der Waals surface area contributed by atoms with Crippen LogP contribution in [0, 0.1) is 5.82 Å². The Labute approximate surface area is 122 Å². The van der Waals surface area contributed by atoms with Crippen LogP contribution < -0.4 is 4.74 Å². The van der Waals surface area contributed by atoms with Gasteiger partial charge in [0.25, 0.3) is 0 Å². The number of aliphatic hydroxyl groups is 1. The summed E-state index contributed by atoms with van der Waals surface area (Å²) in [6.07, 6.45) is 0. The van der Waals surface area contributed by atoms with E-state index in [1.165, 1.54) is 19.2 Å². The van der Waals surface area contributed by atoms with E-state index in [1.54, 1.807) is 6.07 Å². The molecule has 2 aromatic carbocycles. The predicted octanol–water partition coefficient (Wildman–Crippen LogP) is 2.75. The van der Waals surface area contributed by atoms with Crippen LogP contribution >= 0.6 is 0 Å². The lowest BCUT2D eigenvalue weighted by Crippen LogP contribution is -2.14. The van der Waals surface area contributed by atoms with Crippen molar-refractivity contribution in [1.82, 2.24) is 0 Å². The van der Waals surface area contributed by atoms with Gasteiger partial charge >= 0.3 is 0 Å². The molecule has 0 aliphatic carbocycles. The SMILES string of the molecule is CON=C(COc1ccc(CO)cc1F)c1ccccc1. The van der Waals surface area contributed by atoms with E-state index < -0.39 is 5.82 Å². The summed E-state index contributed by atoms with van der Waals surface area (Å²) < 4.78 is 19.2. The standard InChI is InChI=1S/C16H16FNO3/c1-20-18-15(13-5-3-2-4-6-13)11-21-16-8-7-12(10-19)9-14(16)17/h2-9,19H,10-11H2,1H3. The molecule has 2 aromatic rings. The molecule has 0 spiro atoms. The number of nitrogens with zero attached hydrogens (tertiary/aromatic N) is 1. The summed E-state index contributed by atoms with van der Waals surface area (Å²) in [5.41, 5.74) is 1.89. The van der Waals surface area contributed by atoms with Gasteiger partial charge in [-0.15, -0.1) is 0 Å². The van der Waals surface area contributed by atoms with Crippen LogP contribution in [0.1, 0.15) is 11.1 Å². The number of ether oxygens (including phenoxy) is 1. The summed E-state index contributed by atoms with van der Waals surface area (Å²) in [5, 5.41) is 12.8. The van der Waals surface area contributed by atoms with Gasteiger partial charge < -0.3 is 14.7 Å². The minimum absolute atomic E-state index is 0.0766. The number of rotatable bonds is 6. The van der Waals surface area contributed by atoms with Gasteiger partial charge in [0.1, 0.15) is 19.4 Å². The first kappa shape index (κ1) is 15.0. The molecule has 4 nitrogen and oxygen atoms in total. The van der Waals surface area contributed by atoms with E-state index in [9.17, 15) is 4.39 Å². The number of aliphatic hydroxyl groups excluding tert-OH is 1. The molecule has 0 unspecified atom stereocenters. The molecular formula is C16H16FNO3. The predicted molar refractivity (Wildman–Crippen MR) is 77.8 cm³/mol. The van der Waals surface area contributed by atoms with Crippen molar-refractivity contribution in [2.24, 2.45) is 5.16 Å². The molecular weight excluding hydrogens is 273 g/mol. The average Bonchev–Trinajstić information content (AvgIpc) is 2.53. The van der Waals surface area contributed by atoms with Crippen molar-refractivity contribution in [3.05, 3.63) is 65.5 Å². The second kappa shape index (κ2) is 7.40. The van der Waals surface area contributed by atoms with E-state index in [2.05, 4.69) is 5.16 Å². The summed E-state index contributed by atoms with van der Waals surface area (Å²) in [6, 6.07) is 13.7. The number of hydrogen-bond donors (Lipinski definition) is 1. The third kappa shape index (κ3) is 4.03. The molecule has 0 saturated carbocycles. The zero-order chi connectivity index (χ0) is 15.1. The first-order valence-corrected chi connectivity index (χ1v) is 6.42. The lowest BCUT2D eigenvalue weighted by molar-refractivity contribution is 0.210. The molecule has 1 N–H and O–H groups in total. The van der Waals surface area contributed by atoms with Gasteiger partial charge in [-0.2, -0.15) is 0 Å². The fourth-order valence-electron chi connectivity index (χ4n) is 1.81. The van der Waals surface area contributed by atoms with Gasteiger partial charge in [0, 0.05) is 5.56 Å². The van der Waals surface area contributed by atoms with E-state index in [0.29, 0.717) is 11.3 Å². The molecule has 0 saturated heterocycles. The van der Waals surface area contributed by atoms with Crippen LogP contribution in [0.15, 0.2) is 53.7 Å². The quantitative estimate of drug-likeness (QED) is 0.657. The Hall–Kier alpha value is -2.40. The van der Waals surface area contributed by atoms with Crippen molar-refractivity contribution in [3.63, 3.8) is 0 Å². The highest BCUT2D eigenvalue weighted by molar-refractivity contribution is 6.01. The van der Waals surface area contributed by atoms with E-state index >= 15 is 0 Å². The molecule has 0 atom stereocenters. The van der Waals surface area contributed by atoms with Crippen molar-refractivity contribution in [2.45, 2.75) is 6.61 Å². The van der Waals surface area contributed by atoms with Crippen molar-refractivity contribution in [2.75, 3.05) is 13.7 Å². The van der Waals surface area contributed by atoms with Crippen LogP contribution in [0.5, 0.6) is 5.75 Å². The first-order chi connectivity index (χ1) is 10.2. The maximum absolute atomic E-state index is 13.8. The number of benzene rings is 2. The van der Waals surface area contributed by atoms with Crippen molar-refractivity contribution in [3.8, 4) is 5.75 Å². The molecule has 0 amide bonds. The first-order valence-electron chi connectivity index (χ1n) is 6.42. The van der Waals surface area contributed by atoms with E-state index in [4.69, 9.17) is 14.7 Å². The monoisotopic (exact) mass is 289 g/mol. The minimum Gasteiger partial charge on any atom is -0.484 e. The van der Waals surface area contributed by atoms with Crippen LogP contribution in [-0.2, 0) is 11.4 Å². The van der Waals surface area contributed by atoms with Gasteiger partial charge in [-0.05, 0) is 17.7 Å². The lowest BCUT2D eigenvalue weighted by Gasteiger charge is -2.10. The smallest absolute Gasteiger partial charge is 0.165 e. The lowest BCUT2D eigenvalue weighted by atomic mass is 10.1. The molecule has 0 aliphatic heterocycles. The van der Waals surface area contributed by atoms with Crippen molar-refractivity contribution < 1.29 is 19.1 Å². The fraction of sp³-hybridized carbons (Fsp3) is 0.188. The number of hydrogen-bond acceptors (Lipinski definition) is 4. The van der Waals surface area contributed by atoms with E-state index in [0.717, 1.165) is 5.56 Å². The van der Waals surface area contributed by atoms with Crippen molar-refractivity contribution in [1.29, 1.82) is 0 Å². The number of halogens is 1. The maximum Gasteiger partial charge on any atom is 0.165 e. The Kier molecular flexibility index (Phi) is 5.29. The Bertz CT molecular complexity index is 614. The molecule has 0 heterocycles. The number of oxime groups is 1. The molecule has 0 bridgehead atoms. The molecule has 5 heteroatoms. The molecule has 0 radical (unpaired) electrons. The highest BCUT2D eigenvalue weighted by Crippen LogP contribution is 2.19. The Morgan fingerprint density at radius 2 is 1.95 bits per heavy atom. The molecule has 2 rings (SSSR count). The summed E-state index contributed by atoms with van der Waals surface area (Å²) in [7, 11) is 1.44. The van der Waals surface area contributed by atoms with E-state index in [1.807, 2.05) is 30.3 Å². The average molecular weight is 289 g/mol. The van der Waals surface area contributed by atoms with Crippen molar-refractivity contribution >= 4 is 5.71 Å². The minimum atomic E-state index is -0.522. The Morgan fingerprint density at radius 3 is 2.57 bits per heavy atom. The normalized spacial score (nSPS) is 11.3. The second-order valence-electron chi connectivity index (χ2n) is 4.30. The van der Waals surface area contributed by atoms with Gasteiger partial charge in [0.05, 0.1) is 6.61 Å². The Morgan fingerprint density at radius 1 is 1.19 bits per heavy atom. The molecule has 110 valence electrons. The maximum atomic E-state index is 13.8. The molecule has 0 aromatic heterocycles. The van der Waals surface area contributed by atoms with Gasteiger partial charge in [0.15, 0.2) is 11.6 Å². The van der Waals surface area contributed by atoms with Gasteiger partial charge in [-0.3, -0.25) is 0 Å². The van der Waals surface area contributed by atoms with E-state index in [-0.39, 0.29) is 19.0 Å². The highest BCUT2D eigenvalue weighted by Gasteiger charge is 2.09. The molecule has 0 aliphatic rings. The van der Waals surface area contributed by atoms with Crippen LogP contribution in [0.4, 0.5) is 4.39 Å². The topological polar surface area (TPSA) is 51.0 Å².